The number of rotatable bonds is 2. The summed E-state index contributed by atoms with van der Waals surface area (Å²) in [4.78, 5) is 0. The topological polar surface area (TPSA) is 0 Å². The molecule has 0 fully saturated rings. The predicted molar refractivity (Wildman–Crippen MR) is 86.5 cm³/mol. The average molecular weight is 285 g/mol. The third-order valence-corrected chi connectivity index (χ3v) is 5.26. The van der Waals surface area contributed by atoms with Gasteiger partial charge in [0, 0.05) is 0 Å². The summed E-state index contributed by atoms with van der Waals surface area (Å²) >= 11 is 6.78. The van der Waals surface area contributed by atoms with Gasteiger partial charge in [-0.25, -0.2) is 0 Å². The first-order chi connectivity index (χ1) is 9.65. The number of aryl methyl sites for hydroxylation is 3. The molecule has 0 aliphatic heterocycles. The summed E-state index contributed by atoms with van der Waals surface area (Å²) in [5, 5.41) is 0.127. The van der Waals surface area contributed by atoms with Crippen LogP contribution in [0.5, 0.6) is 0 Å². The van der Waals surface area contributed by atoms with E-state index in [2.05, 4.69) is 56.3 Å². The molecule has 3 rings (SSSR count). The Morgan fingerprint density at radius 1 is 1.00 bits per heavy atom. The first-order valence-corrected chi connectivity index (χ1v) is 7.87. The minimum Gasteiger partial charge on any atom is -0.118 e. The van der Waals surface area contributed by atoms with Crippen LogP contribution >= 0.6 is 11.6 Å². The monoisotopic (exact) mass is 284 g/mol. The maximum atomic E-state index is 6.78. The van der Waals surface area contributed by atoms with E-state index in [4.69, 9.17) is 11.6 Å². The number of alkyl halides is 1. The van der Waals surface area contributed by atoms with E-state index in [1.54, 1.807) is 0 Å². The van der Waals surface area contributed by atoms with E-state index in [0.29, 0.717) is 5.92 Å². The molecule has 2 aromatic rings. The van der Waals surface area contributed by atoms with Gasteiger partial charge >= 0.3 is 0 Å². The highest BCUT2D eigenvalue weighted by molar-refractivity contribution is 6.21. The summed E-state index contributed by atoms with van der Waals surface area (Å²) in [5.41, 5.74) is 6.95. The zero-order valence-corrected chi connectivity index (χ0v) is 13.0. The van der Waals surface area contributed by atoms with Crippen LogP contribution in [0.4, 0.5) is 0 Å². The van der Waals surface area contributed by atoms with Crippen molar-refractivity contribution in [3.05, 3.63) is 70.3 Å². The standard InChI is InChI=1S/C19H21Cl/c1-13-7-8-17(11-14(13)2)19(20)18-10-9-15-5-3-4-6-16(15)12-18/h3-8,11,18-19H,9-10,12H2,1-2H3. The number of fused-ring (bicyclic) bond motifs is 1. The van der Waals surface area contributed by atoms with Crippen LogP contribution < -0.4 is 0 Å². The zero-order valence-electron chi connectivity index (χ0n) is 12.2. The SMILES string of the molecule is Cc1ccc(C(Cl)C2CCc3ccccc3C2)cc1C. The van der Waals surface area contributed by atoms with Crippen LogP contribution in [-0.4, -0.2) is 0 Å². The van der Waals surface area contributed by atoms with Gasteiger partial charge in [-0.15, -0.1) is 11.6 Å². The fourth-order valence-electron chi connectivity index (χ4n) is 3.18. The maximum Gasteiger partial charge on any atom is 0.0616 e. The molecule has 2 unspecified atom stereocenters. The Balaban J connectivity index is 1.82. The second-order valence-electron chi connectivity index (χ2n) is 6.02. The number of halogens is 1. The molecule has 0 N–H and O–H groups in total. The molecule has 0 saturated heterocycles. The number of hydrogen-bond donors (Lipinski definition) is 0. The van der Waals surface area contributed by atoms with Crippen molar-refractivity contribution in [1.29, 1.82) is 0 Å². The Morgan fingerprint density at radius 2 is 1.75 bits per heavy atom. The van der Waals surface area contributed by atoms with Crippen LogP contribution in [0.15, 0.2) is 42.5 Å². The van der Waals surface area contributed by atoms with Gasteiger partial charge in [0.25, 0.3) is 0 Å². The van der Waals surface area contributed by atoms with Crippen LogP contribution in [0.2, 0.25) is 0 Å². The summed E-state index contributed by atoms with van der Waals surface area (Å²) in [7, 11) is 0. The fourth-order valence-corrected chi connectivity index (χ4v) is 3.53. The van der Waals surface area contributed by atoms with Crippen LogP contribution in [0.3, 0.4) is 0 Å². The van der Waals surface area contributed by atoms with Crippen molar-refractivity contribution in [3.8, 4) is 0 Å². The van der Waals surface area contributed by atoms with Gasteiger partial charge in [0.2, 0.25) is 0 Å². The molecule has 0 amide bonds. The van der Waals surface area contributed by atoms with E-state index in [1.165, 1.54) is 34.2 Å². The van der Waals surface area contributed by atoms with Gasteiger partial charge in [-0.2, -0.15) is 0 Å². The van der Waals surface area contributed by atoms with Crippen molar-refractivity contribution in [1.82, 2.24) is 0 Å². The summed E-state index contributed by atoms with van der Waals surface area (Å²) in [6.45, 7) is 4.32. The molecule has 20 heavy (non-hydrogen) atoms. The molecule has 0 bridgehead atoms. The van der Waals surface area contributed by atoms with Gasteiger partial charge in [0.1, 0.15) is 0 Å². The Hall–Kier alpha value is -1.27. The lowest BCUT2D eigenvalue weighted by molar-refractivity contribution is 0.443. The Kier molecular flexibility index (Phi) is 3.85. The van der Waals surface area contributed by atoms with Crippen molar-refractivity contribution in [2.75, 3.05) is 0 Å². The molecule has 1 aliphatic carbocycles. The van der Waals surface area contributed by atoms with E-state index in [0.717, 1.165) is 12.8 Å². The molecule has 0 radical (unpaired) electrons. The Morgan fingerprint density at radius 3 is 2.50 bits per heavy atom. The molecular weight excluding hydrogens is 264 g/mol. The molecular formula is C19H21Cl. The molecule has 0 nitrogen and oxygen atoms in total. The summed E-state index contributed by atoms with van der Waals surface area (Å²) in [6, 6.07) is 15.4. The summed E-state index contributed by atoms with van der Waals surface area (Å²) in [5.74, 6) is 0.550. The summed E-state index contributed by atoms with van der Waals surface area (Å²) < 4.78 is 0. The molecule has 0 heterocycles. The fraction of sp³-hybridized carbons (Fsp3) is 0.368. The molecule has 104 valence electrons. The van der Waals surface area contributed by atoms with E-state index in [-0.39, 0.29) is 5.38 Å². The zero-order chi connectivity index (χ0) is 14.1. The molecule has 0 aromatic heterocycles. The van der Waals surface area contributed by atoms with E-state index < -0.39 is 0 Å². The van der Waals surface area contributed by atoms with Gasteiger partial charge in [0.15, 0.2) is 0 Å². The van der Waals surface area contributed by atoms with Gasteiger partial charge in [-0.05, 0) is 66.8 Å². The molecule has 0 saturated carbocycles. The highest BCUT2D eigenvalue weighted by Gasteiger charge is 2.25. The highest BCUT2D eigenvalue weighted by atomic mass is 35.5. The van der Waals surface area contributed by atoms with Crippen molar-refractivity contribution in [3.63, 3.8) is 0 Å². The largest absolute Gasteiger partial charge is 0.118 e. The lowest BCUT2D eigenvalue weighted by atomic mass is 9.80. The van der Waals surface area contributed by atoms with Crippen LogP contribution in [0.1, 0.15) is 39.6 Å². The maximum absolute atomic E-state index is 6.78. The second-order valence-corrected chi connectivity index (χ2v) is 6.49. The van der Waals surface area contributed by atoms with E-state index >= 15 is 0 Å². The van der Waals surface area contributed by atoms with Crippen molar-refractivity contribution >= 4 is 11.6 Å². The van der Waals surface area contributed by atoms with Gasteiger partial charge in [0.05, 0.1) is 5.38 Å². The van der Waals surface area contributed by atoms with Crippen LogP contribution in [0.25, 0.3) is 0 Å². The molecule has 2 aromatic carbocycles. The number of benzene rings is 2. The lowest BCUT2D eigenvalue weighted by Crippen LogP contribution is -2.18. The molecule has 1 heteroatoms. The lowest BCUT2D eigenvalue weighted by Gasteiger charge is -2.28. The van der Waals surface area contributed by atoms with Crippen molar-refractivity contribution in [2.45, 2.75) is 38.5 Å². The molecule has 1 aliphatic rings. The minimum absolute atomic E-state index is 0.127. The predicted octanol–water partition coefficient (Wildman–Crippen LogP) is 5.39. The smallest absolute Gasteiger partial charge is 0.0616 e. The first kappa shape index (κ1) is 13.7. The molecule has 0 spiro atoms. The quantitative estimate of drug-likeness (QED) is 0.649. The average Bonchev–Trinajstić information content (AvgIpc) is 2.49. The van der Waals surface area contributed by atoms with Gasteiger partial charge < -0.3 is 0 Å². The highest BCUT2D eigenvalue weighted by Crippen LogP contribution is 2.38. The first-order valence-electron chi connectivity index (χ1n) is 7.43. The Bertz CT molecular complexity index is 615. The minimum atomic E-state index is 0.127. The van der Waals surface area contributed by atoms with E-state index in [9.17, 15) is 0 Å². The third kappa shape index (κ3) is 2.62. The van der Waals surface area contributed by atoms with Gasteiger partial charge in [-0.3, -0.25) is 0 Å². The molecule has 2 atom stereocenters. The van der Waals surface area contributed by atoms with E-state index in [1.807, 2.05) is 0 Å². The Labute approximate surface area is 126 Å². The summed E-state index contributed by atoms with van der Waals surface area (Å²) in [6.07, 6.45) is 3.46. The van der Waals surface area contributed by atoms with Crippen LogP contribution in [-0.2, 0) is 12.8 Å². The third-order valence-electron chi connectivity index (χ3n) is 4.65. The van der Waals surface area contributed by atoms with Crippen molar-refractivity contribution in [2.24, 2.45) is 5.92 Å². The normalized spacial score (nSPS) is 19.4. The van der Waals surface area contributed by atoms with Crippen LogP contribution in [0, 0.1) is 19.8 Å². The van der Waals surface area contributed by atoms with Crippen molar-refractivity contribution < 1.29 is 0 Å². The van der Waals surface area contributed by atoms with Gasteiger partial charge in [-0.1, -0.05) is 42.5 Å². The number of hydrogen-bond acceptors (Lipinski definition) is 0. The second kappa shape index (κ2) is 5.61.